The van der Waals surface area contributed by atoms with Crippen molar-refractivity contribution in [3.8, 4) is 0 Å². The van der Waals surface area contributed by atoms with Gasteiger partial charge in [0.15, 0.2) is 0 Å². The molecule has 0 unspecified atom stereocenters. The van der Waals surface area contributed by atoms with E-state index in [1.54, 1.807) is 12.1 Å². The SMILES string of the molecule is N[C@H](Cc1ccc(N(CCO)CCO)cc1)C(=O)O. The number of aliphatic hydroxyl groups excluding tert-OH is 2. The van der Waals surface area contributed by atoms with Crippen molar-refractivity contribution in [2.45, 2.75) is 12.5 Å². The largest absolute Gasteiger partial charge is 0.480 e. The first-order chi connectivity index (χ1) is 9.08. The zero-order valence-electron chi connectivity index (χ0n) is 10.7. The van der Waals surface area contributed by atoms with Gasteiger partial charge in [-0.15, -0.1) is 0 Å². The summed E-state index contributed by atoms with van der Waals surface area (Å²) in [5.74, 6) is -1.02. The topological polar surface area (TPSA) is 107 Å². The van der Waals surface area contributed by atoms with Crippen LogP contribution < -0.4 is 10.6 Å². The minimum atomic E-state index is -1.02. The number of carboxylic acids is 1. The molecule has 0 aliphatic carbocycles. The molecular weight excluding hydrogens is 248 g/mol. The molecule has 0 bridgehead atoms. The standard InChI is InChI=1S/C13H20N2O4/c14-12(13(18)19)9-10-1-3-11(4-2-10)15(5-7-16)6-8-17/h1-4,12,16-17H,5-9,14H2,(H,18,19)/t12-/m1/s1. The lowest BCUT2D eigenvalue weighted by atomic mass is 10.1. The van der Waals surface area contributed by atoms with E-state index in [4.69, 9.17) is 21.1 Å². The predicted molar refractivity (Wildman–Crippen MR) is 72.1 cm³/mol. The van der Waals surface area contributed by atoms with Crippen molar-refractivity contribution < 1.29 is 20.1 Å². The Labute approximate surface area is 112 Å². The first-order valence-electron chi connectivity index (χ1n) is 6.12. The monoisotopic (exact) mass is 268 g/mol. The predicted octanol–water partition coefficient (Wildman–Crippen LogP) is -0.568. The average Bonchev–Trinajstić information content (AvgIpc) is 2.39. The van der Waals surface area contributed by atoms with Crippen LogP contribution in [-0.2, 0) is 11.2 Å². The van der Waals surface area contributed by atoms with Crippen molar-refractivity contribution in [1.82, 2.24) is 0 Å². The summed E-state index contributed by atoms with van der Waals surface area (Å²) in [6.07, 6.45) is 0.273. The molecule has 0 aliphatic rings. The molecule has 0 spiro atoms. The molecule has 19 heavy (non-hydrogen) atoms. The number of hydrogen-bond acceptors (Lipinski definition) is 5. The first-order valence-corrected chi connectivity index (χ1v) is 6.12. The number of aliphatic carboxylic acids is 1. The Morgan fingerprint density at radius 2 is 1.68 bits per heavy atom. The van der Waals surface area contributed by atoms with Crippen LogP contribution in [0.15, 0.2) is 24.3 Å². The van der Waals surface area contributed by atoms with Crippen LogP contribution in [0.4, 0.5) is 5.69 Å². The van der Waals surface area contributed by atoms with Gasteiger partial charge in [0.2, 0.25) is 0 Å². The number of nitrogens with two attached hydrogens (primary N) is 1. The average molecular weight is 268 g/mol. The number of anilines is 1. The van der Waals surface area contributed by atoms with Gasteiger partial charge in [-0.1, -0.05) is 12.1 Å². The lowest BCUT2D eigenvalue weighted by Crippen LogP contribution is -2.32. The van der Waals surface area contributed by atoms with Crippen LogP contribution in [0.2, 0.25) is 0 Å². The van der Waals surface area contributed by atoms with Gasteiger partial charge >= 0.3 is 5.97 Å². The molecule has 0 radical (unpaired) electrons. The molecule has 0 aliphatic heterocycles. The van der Waals surface area contributed by atoms with Crippen LogP contribution in [-0.4, -0.2) is 53.6 Å². The van der Waals surface area contributed by atoms with Crippen molar-refractivity contribution >= 4 is 11.7 Å². The Morgan fingerprint density at radius 3 is 2.11 bits per heavy atom. The van der Waals surface area contributed by atoms with E-state index in [0.717, 1.165) is 11.3 Å². The van der Waals surface area contributed by atoms with Gasteiger partial charge < -0.3 is 26.0 Å². The van der Waals surface area contributed by atoms with Gasteiger partial charge in [-0.2, -0.15) is 0 Å². The molecule has 0 heterocycles. The molecule has 1 rings (SSSR count). The lowest BCUT2D eigenvalue weighted by molar-refractivity contribution is -0.138. The molecule has 6 nitrogen and oxygen atoms in total. The van der Waals surface area contributed by atoms with E-state index >= 15 is 0 Å². The normalized spacial score (nSPS) is 12.2. The summed E-state index contributed by atoms with van der Waals surface area (Å²) in [6.45, 7) is 0.889. The highest BCUT2D eigenvalue weighted by atomic mass is 16.4. The second-order valence-electron chi connectivity index (χ2n) is 4.25. The van der Waals surface area contributed by atoms with E-state index in [9.17, 15) is 4.79 Å². The Morgan fingerprint density at radius 1 is 1.16 bits per heavy atom. The van der Waals surface area contributed by atoms with Gasteiger partial charge in [-0.25, -0.2) is 0 Å². The van der Waals surface area contributed by atoms with E-state index in [0.29, 0.717) is 13.1 Å². The lowest BCUT2D eigenvalue weighted by Gasteiger charge is -2.23. The summed E-state index contributed by atoms with van der Waals surface area (Å²) in [5, 5.41) is 26.6. The maximum Gasteiger partial charge on any atom is 0.320 e. The number of benzene rings is 1. The second kappa shape index (κ2) is 7.73. The van der Waals surface area contributed by atoms with Gasteiger partial charge in [0.05, 0.1) is 13.2 Å². The summed E-state index contributed by atoms with van der Waals surface area (Å²) in [5.41, 5.74) is 7.18. The van der Waals surface area contributed by atoms with Gasteiger partial charge in [0, 0.05) is 18.8 Å². The Kier molecular flexibility index (Phi) is 6.27. The minimum Gasteiger partial charge on any atom is -0.480 e. The molecule has 0 fully saturated rings. The van der Waals surface area contributed by atoms with Crippen molar-refractivity contribution in [3.05, 3.63) is 29.8 Å². The maximum absolute atomic E-state index is 10.7. The molecule has 106 valence electrons. The fraction of sp³-hybridized carbons (Fsp3) is 0.462. The van der Waals surface area contributed by atoms with E-state index in [1.807, 2.05) is 17.0 Å². The molecule has 0 aromatic heterocycles. The molecule has 1 aromatic carbocycles. The van der Waals surface area contributed by atoms with Crippen LogP contribution >= 0.6 is 0 Å². The van der Waals surface area contributed by atoms with Crippen LogP contribution in [0, 0.1) is 0 Å². The fourth-order valence-electron chi connectivity index (χ4n) is 1.80. The quantitative estimate of drug-likeness (QED) is 0.503. The number of hydrogen-bond donors (Lipinski definition) is 4. The number of rotatable bonds is 8. The number of nitrogens with zero attached hydrogens (tertiary/aromatic N) is 1. The Balaban J connectivity index is 2.71. The first kappa shape index (κ1) is 15.4. The molecule has 1 atom stereocenters. The third-order valence-corrected chi connectivity index (χ3v) is 2.81. The summed E-state index contributed by atoms with van der Waals surface area (Å²) in [4.78, 5) is 12.5. The van der Waals surface area contributed by atoms with Gasteiger partial charge in [0.1, 0.15) is 6.04 Å². The summed E-state index contributed by atoms with van der Waals surface area (Å²) in [6, 6.07) is 6.36. The molecular formula is C13H20N2O4. The minimum absolute atomic E-state index is 0.00559. The number of carbonyl (C=O) groups is 1. The van der Waals surface area contributed by atoms with E-state index in [-0.39, 0.29) is 19.6 Å². The summed E-state index contributed by atoms with van der Waals surface area (Å²) >= 11 is 0. The van der Waals surface area contributed by atoms with Crippen LogP contribution in [0.3, 0.4) is 0 Å². The highest BCUT2D eigenvalue weighted by molar-refractivity contribution is 5.73. The van der Waals surface area contributed by atoms with Crippen molar-refractivity contribution in [1.29, 1.82) is 0 Å². The Bertz CT molecular complexity index is 388. The zero-order valence-corrected chi connectivity index (χ0v) is 10.7. The molecule has 0 saturated heterocycles. The molecule has 6 heteroatoms. The maximum atomic E-state index is 10.7. The van der Waals surface area contributed by atoms with Crippen molar-refractivity contribution in [2.24, 2.45) is 5.73 Å². The Hall–Kier alpha value is -1.63. The van der Waals surface area contributed by atoms with Crippen molar-refractivity contribution in [2.75, 3.05) is 31.2 Å². The number of aliphatic hydroxyl groups is 2. The third-order valence-electron chi connectivity index (χ3n) is 2.81. The van der Waals surface area contributed by atoms with Crippen LogP contribution in [0.5, 0.6) is 0 Å². The molecule has 5 N–H and O–H groups in total. The summed E-state index contributed by atoms with van der Waals surface area (Å²) < 4.78 is 0. The highest BCUT2D eigenvalue weighted by Gasteiger charge is 2.12. The van der Waals surface area contributed by atoms with Crippen LogP contribution in [0.1, 0.15) is 5.56 Å². The fourth-order valence-corrected chi connectivity index (χ4v) is 1.80. The second-order valence-corrected chi connectivity index (χ2v) is 4.25. The highest BCUT2D eigenvalue weighted by Crippen LogP contribution is 2.15. The number of carboxylic acid groups (broad SMARTS) is 1. The molecule has 1 aromatic rings. The zero-order chi connectivity index (χ0) is 14.3. The smallest absolute Gasteiger partial charge is 0.320 e. The summed E-state index contributed by atoms with van der Waals surface area (Å²) in [7, 11) is 0. The van der Waals surface area contributed by atoms with Crippen molar-refractivity contribution in [3.63, 3.8) is 0 Å². The molecule has 0 saturated carbocycles. The van der Waals surface area contributed by atoms with Gasteiger partial charge in [-0.05, 0) is 24.1 Å². The van der Waals surface area contributed by atoms with Crippen LogP contribution in [0.25, 0.3) is 0 Å². The van der Waals surface area contributed by atoms with Gasteiger partial charge in [0.25, 0.3) is 0 Å². The van der Waals surface area contributed by atoms with E-state index in [1.165, 1.54) is 0 Å². The van der Waals surface area contributed by atoms with Gasteiger partial charge in [-0.3, -0.25) is 4.79 Å². The van der Waals surface area contributed by atoms with E-state index in [2.05, 4.69) is 0 Å². The molecule has 0 amide bonds. The van der Waals surface area contributed by atoms with E-state index < -0.39 is 12.0 Å². The third kappa shape index (κ3) is 4.86.